The highest BCUT2D eigenvalue weighted by Gasteiger charge is 2.10. The number of unbranched alkanes of at least 4 members (excludes halogenated alkanes) is 2. The van der Waals surface area contributed by atoms with Crippen LogP contribution in [0, 0.1) is 18.3 Å². The third-order valence-corrected chi connectivity index (χ3v) is 2.70. The van der Waals surface area contributed by atoms with Crippen LogP contribution in [-0.4, -0.2) is 4.57 Å². The molecule has 15 heavy (non-hydrogen) atoms. The van der Waals surface area contributed by atoms with Gasteiger partial charge in [0.1, 0.15) is 12.4 Å². The maximum absolute atomic E-state index is 8.47. The molecule has 0 aromatic carbocycles. The highest BCUT2D eigenvalue weighted by atomic mass is 15.1. The van der Waals surface area contributed by atoms with Crippen LogP contribution in [0.2, 0.25) is 0 Å². The number of nitriles is 1. The number of aromatic nitrogens is 2. The summed E-state index contributed by atoms with van der Waals surface area (Å²) in [7, 11) is 0. The smallest absolute Gasteiger partial charge is 0.234 e. The summed E-state index contributed by atoms with van der Waals surface area (Å²) in [5.41, 5.74) is 0. The third kappa shape index (κ3) is 3.39. The Morgan fingerprint density at radius 1 is 1.47 bits per heavy atom. The number of hydrogen-bond donors (Lipinski definition) is 0. The molecule has 0 bridgehead atoms. The van der Waals surface area contributed by atoms with Gasteiger partial charge in [-0.1, -0.05) is 13.3 Å². The van der Waals surface area contributed by atoms with Crippen molar-refractivity contribution in [1.29, 1.82) is 5.26 Å². The molecule has 0 saturated heterocycles. The largest absolute Gasteiger partial charge is 0.253 e. The van der Waals surface area contributed by atoms with E-state index >= 15 is 0 Å². The first-order valence-electron chi connectivity index (χ1n) is 5.71. The number of aryl methyl sites for hydroxylation is 2. The van der Waals surface area contributed by atoms with E-state index < -0.39 is 0 Å². The van der Waals surface area contributed by atoms with Crippen molar-refractivity contribution in [3.8, 4) is 6.07 Å². The summed E-state index contributed by atoms with van der Waals surface area (Å²) in [4.78, 5) is 0. The Bertz CT molecular complexity index is 333. The molecule has 1 rings (SSSR count). The van der Waals surface area contributed by atoms with Gasteiger partial charge in [0.25, 0.3) is 5.82 Å². The molecule has 1 aromatic rings. The lowest BCUT2D eigenvalue weighted by Crippen LogP contribution is -2.35. The van der Waals surface area contributed by atoms with Gasteiger partial charge in [-0.15, -0.1) is 0 Å². The van der Waals surface area contributed by atoms with Crippen LogP contribution in [0.15, 0.2) is 12.4 Å². The van der Waals surface area contributed by atoms with Crippen molar-refractivity contribution in [3.05, 3.63) is 18.2 Å². The molecule has 0 fully saturated rings. The molecule has 0 amide bonds. The minimum absolute atomic E-state index is 0.645. The molecule has 1 heterocycles. The topological polar surface area (TPSA) is 32.6 Å². The average Bonchev–Trinajstić information content (AvgIpc) is 2.58. The lowest BCUT2D eigenvalue weighted by molar-refractivity contribution is -0.702. The fraction of sp³-hybridized carbons (Fsp3) is 0.667. The van der Waals surface area contributed by atoms with Crippen LogP contribution in [0.1, 0.15) is 38.4 Å². The van der Waals surface area contributed by atoms with Crippen LogP contribution in [0.5, 0.6) is 0 Å². The zero-order valence-corrected chi connectivity index (χ0v) is 9.74. The summed E-state index contributed by atoms with van der Waals surface area (Å²) in [5, 5.41) is 8.47. The molecule has 0 spiro atoms. The van der Waals surface area contributed by atoms with Gasteiger partial charge in [-0.3, -0.25) is 0 Å². The number of nitrogens with zero attached hydrogens (tertiary/aromatic N) is 3. The lowest BCUT2D eigenvalue weighted by atomic mass is 10.3. The first-order valence-corrected chi connectivity index (χ1v) is 5.71. The van der Waals surface area contributed by atoms with Crippen LogP contribution in [-0.2, 0) is 13.1 Å². The zero-order chi connectivity index (χ0) is 11.1. The molecule has 3 heteroatoms. The quantitative estimate of drug-likeness (QED) is 0.518. The maximum atomic E-state index is 8.47. The van der Waals surface area contributed by atoms with E-state index in [0.29, 0.717) is 6.42 Å². The summed E-state index contributed by atoms with van der Waals surface area (Å²) >= 11 is 0. The van der Waals surface area contributed by atoms with E-state index in [2.05, 4.69) is 41.4 Å². The summed E-state index contributed by atoms with van der Waals surface area (Å²) in [5.74, 6) is 1.29. The second kappa shape index (κ2) is 6.23. The van der Waals surface area contributed by atoms with Crippen LogP contribution >= 0.6 is 0 Å². The standard InChI is InChI=1S/C12H20N3/c1-3-4-8-14-10-11-15(12(14)2)9-6-5-7-13/h10-11H,3-6,8-9H2,1-2H3/q+1. The summed E-state index contributed by atoms with van der Waals surface area (Å²) in [6.07, 6.45) is 8.30. The average molecular weight is 206 g/mol. The lowest BCUT2D eigenvalue weighted by Gasteiger charge is -1.99. The molecule has 0 atom stereocenters. The molecule has 1 aromatic heterocycles. The maximum Gasteiger partial charge on any atom is 0.253 e. The fourth-order valence-electron chi connectivity index (χ4n) is 1.67. The van der Waals surface area contributed by atoms with Crippen molar-refractivity contribution in [2.45, 2.75) is 52.6 Å². The Balaban J connectivity index is 2.51. The van der Waals surface area contributed by atoms with Crippen molar-refractivity contribution in [1.82, 2.24) is 4.57 Å². The number of hydrogen-bond acceptors (Lipinski definition) is 1. The Morgan fingerprint density at radius 3 is 2.93 bits per heavy atom. The van der Waals surface area contributed by atoms with Crippen LogP contribution < -0.4 is 4.57 Å². The van der Waals surface area contributed by atoms with E-state index in [1.165, 1.54) is 18.7 Å². The van der Waals surface area contributed by atoms with Gasteiger partial charge in [0.2, 0.25) is 0 Å². The van der Waals surface area contributed by atoms with Gasteiger partial charge in [0.15, 0.2) is 0 Å². The van der Waals surface area contributed by atoms with Gasteiger partial charge in [-0.2, -0.15) is 5.26 Å². The fourth-order valence-corrected chi connectivity index (χ4v) is 1.67. The third-order valence-electron chi connectivity index (χ3n) is 2.70. The second-order valence-electron chi connectivity index (χ2n) is 3.85. The SMILES string of the molecule is CCCCn1cc[n+](CCCC#N)c1C. The molecule has 0 unspecified atom stereocenters. The van der Waals surface area contributed by atoms with Gasteiger partial charge in [-0.05, 0) is 12.8 Å². The second-order valence-corrected chi connectivity index (χ2v) is 3.85. The Kier molecular flexibility index (Phi) is 4.89. The van der Waals surface area contributed by atoms with E-state index in [9.17, 15) is 0 Å². The Morgan fingerprint density at radius 2 is 2.27 bits per heavy atom. The number of imidazole rings is 1. The highest BCUT2D eigenvalue weighted by molar-refractivity contribution is 4.79. The van der Waals surface area contributed by atoms with Crippen molar-refractivity contribution in [2.24, 2.45) is 0 Å². The summed E-state index contributed by atoms with van der Waals surface area (Å²) < 4.78 is 4.52. The molecule has 0 aliphatic carbocycles. The molecular formula is C12H20N3+. The van der Waals surface area contributed by atoms with Crippen molar-refractivity contribution in [3.63, 3.8) is 0 Å². The van der Waals surface area contributed by atoms with Crippen molar-refractivity contribution in [2.75, 3.05) is 0 Å². The first-order chi connectivity index (χ1) is 7.29. The van der Waals surface area contributed by atoms with Crippen LogP contribution in [0.25, 0.3) is 0 Å². The van der Waals surface area contributed by atoms with Gasteiger partial charge in [0, 0.05) is 13.3 Å². The first kappa shape index (κ1) is 11.8. The highest BCUT2D eigenvalue weighted by Crippen LogP contribution is 1.99. The van der Waals surface area contributed by atoms with E-state index in [-0.39, 0.29) is 0 Å². The van der Waals surface area contributed by atoms with Gasteiger partial charge in [-0.25, -0.2) is 9.13 Å². The van der Waals surface area contributed by atoms with E-state index in [1.54, 1.807) is 0 Å². The number of rotatable bonds is 6. The molecule has 0 aliphatic heterocycles. The van der Waals surface area contributed by atoms with Gasteiger partial charge >= 0.3 is 0 Å². The van der Waals surface area contributed by atoms with E-state index in [4.69, 9.17) is 5.26 Å². The molecule has 0 saturated carbocycles. The van der Waals surface area contributed by atoms with Crippen molar-refractivity contribution >= 4 is 0 Å². The van der Waals surface area contributed by atoms with Gasteiger partial charge in [0.05, 0.1) is 19.2 Å². The summed E-state index contributed by atoms with van der Waals surface area (Å²) in [6.45, 7) is 6.41. The molecular weight excluding hydrogens is 186 g/mol. The predicted octanol–water partition coefficient (Wildman–Crippen LogP) is 2.19. The monoisotopic (exact) mass is 206 g/mol. The van der Waals surface area contributed by atoms with E-state index in [1.807, 2.05) is 0 Å². The zero-order valence-electron chi connectivity index (χ0n) is 9.74. The molecule has 0 N–H and O–H groups in total. The Hall–Kier alpha value is -1.30. The Labute approximate surface area is 92.0 Å². The van der Waals surface area contributed by atoms with Crippen LogP contribution in [0.3, 0.4) is 0 Å². The normalized spacial score (nSPS) is 10.2. The summed E-state index contributed by atoms with van der Waals surface area (Å²) in [6, 6.07) is 2.18. The van der Waals surface area contributed by atoms with Gasteiger partial charge < -0.3 is 0 Å². The minimum atomic E-state index is 0.645. The minimum Gasteiger partial charge on any atom is -0.234 e. The molecule has 0 aliphatic rings. The van der Waals surface area contributed by atoms with E-state index in [0.717, 1.165) is 19.5 Å². The molecule has 82 valence electrons. The van der Waals surface area contributed by atoms with Crippen molar-refractivity contribution < 1.29 is 4.57 Å². The molecule has 0 radical (unpaired) electrons. The van der Waals surface area contributed by atoms with Crippen LogP contribution in [0.4, 0.5) is 0 Å². The predicted molar refractivity (Wildman–Crippen MR) is 59.1 cm³/mol. The molecule has 3 nitrogen and oxygen atoms in total.